The minimum Gasteiger partial charge on any atom is -0.425 e. The van der Waals surface area contributed by atoms with Gasteiger partial charge in [-0.05, 0) is 38.9 Å². The molecule has 4 nitrogen and oxygen atoms in total. The number of nitrogens with zero attached hydrogens (tertiary/aromatic N) is 2. The number of benzene rings is 1. The number of carbonyl (C=O) groups is 1. The third kappa shape index (κ3) is 3.58. The van der Waals surface area contributed by atoms with Gasteiger partial charge in [-0.15, -0.1) is 0 Å². The summed E-state index contributed by atoms with van der Waals surface area (Å²) in [5, 5.41) is 0. The number of piperazine rings is 1. The van der Waals surface area contributed by atoms with Gasteiger partial charge in [0.25, 0.3) is 0 Å². The lowest BCUT2D eigenvalue weighted by Gasteiger charge is -2.37. The molecule has 1 aromatic carbocycles. The van der Waals surface area contributed by atoms with Crippen LogP contribution < -0.4 is 4.74 Å². The van der Waals surface area contributed by atoms with Gasteiger partial charge in [0.1, 0.15) is 5.75 Å². The fourth-order valence-corrected chi connectivity index (χ4v) is 2.68. The number of para-hydroxylation sites is 1. The zero-order valence-corrected chi connectivity index (χ0v) is 12.8. The van der Waals surface area contributed by atoms with Crippen LogP contribution in [0.3, 0.4) is 0 Å². The van der Waals surface area contributed by atoms with E-state index in [-0.39, 0.29) is 5.97 Å². The largest absolute Gasteiger partial charge is 0.425 e. The van der Waals surface area contributed by atoms with Crippen molar-refractivity contribution < 1.29 is 9.53 Å². The summed E-state index contributed by atoms with van der Waals surface area (Å²) in [7, 11) is 2.11. The van der Waals surface area contributed by atoms with Crippen LogP contribution in [0.4, 0.5) is 0 Å². The number of esters is 1. The molecule has 1 atom stereocenters. The van der Waals surface area contributed by atoms with Gasteiger partial charge < -0.3 is 9.64 Å². The molecule has 0 aliphatic carbocycles. The normalized spacial score (nSPS) is 20.9. The Morgan fingerprint density at radius 1 is 1.30 bits per heavy atom. The summed E-state index contributed by atoms with van der Waals surface area (Å²) in [5.74, 6) is 0.540. The number of aryl methyl sites for hydroxylation is 2. The van der Waals surface area contributed by atoms with Crippen LogP contribution in [0.25, 0.3) is 0 Å². The molecule has 110 valence electrons. The molecule has 2 rings (SSSR count). The molecule has 1 aromatic rings. The van der Waals surface area contributed by atoms with Gasteiger partial charge in [-0.3, -0.25) is 9.69 Å². The van der Waals surface area contributed by atoms with Crippen LogP contribution >= 0.6 is 0 Å². The summed E-state index contributed by atoms with van der Waals surface area (Å²) in [6, 6.07) is 6.30. The highest BCUT2D eigenvalue weighted by molar-refractivity contribution is 5.75. The van der Waals surface area contributed by atoms with Crippen LogP contribution in [-0.4, -0.2) is 55.0 Å². The van der Waals surface area contributed by atoms with Gasteiger partial charge >= 0.3 is 5.97 Å². The van der Waals surface area contributed by atoms with Crippen molar-refractivity contribution in [1.29, 1.82) is 0 Å². The van der Waals surface area contributed by atoms with E-state index in [0.29, 0.717) is 18.3 Å². The minimum absolute atomic E-state index is 0.168. The first kappa shape index (κ1) is 15.0. The SMILES string of the molecule is Cc1cccc(C)c1OC(=O)CN1CCN(C)CC1C. The lowest BCUT2D eigenvalue weighted by Crippen LogP contribution is -2.52. The topological polar surface area (TPSA) is 32.8 Å². The molecule has 0 N–H and O–H groups in total. The Balaban J connectivity index is 1.96. The monoisotopic (exact) mass is 276 g/mol. The van der Waals surface area contributed by atoms with E-state index in [1.807, 2.05) is 32.0 Å². The van der Waals surface area contributed by atoms with Gasteiger partial charge in [-0.25, -0.2) is 0 Å². The van der Waals surface area contributed by atoms with Crippen LogP contribution in [0.5, 0.6) is 5.75 Å². The van der Waals surface area contributed by atoms with E-state index >= 15 is 0 Å². The molecule has 0 amide bonds. The minimum atomic E-state index is -0.168. The van der Waals surface area contributed by atoms with Gasteiger partial charge in [0.15, 0.2) is 0 Å². The highest BCUT2D eigenvalue weighted by atomic mass is 16.5. The van der Waals surface area contributed by atoms with Crippen LogP contribution in [-0.2, 0) is 4.79 Å². The van der Waals surface area contributed by atoms with E-state index in [0.717, 1.165) is 30.8 Å². The van der Waals surface area contributed by atoms with Gasteiger partial charge in [-0.2, -0.15) is 0 Å². The molecule has 1 aliphatic rings. The van der Waals surface area contributed by atoms with Crippen molar-refractivity contribution >= 4 is 5.97 Å². The summed E-state index contributed by atoms with van der Waals surface area (Å²) in [4.78, 5) is 16.6. The number of hydrogen-bond acceptors (Lipinski definition) is 4. The van der Waals surface area contributed by atoms with Crippen LogP contribution in [0.1, 0.15) is 18.1 Å². The number of hydrogen-bond donors (Lipinski definition) is 0. The quantitative estimate of drug-likeness (QED) is 0.623. The predicted molar refractivity (Wildman–Crippen MR) is 80.1 cm³/mol. The van der Waals surface area contributed by atoms with Crippen molar-refractivity contribution in [2.24, 2.45) is 0 Å². The Kier molecular flexibility index (Phi) is 4.78. The third-order valence-corrected chi connectivity index (χ3v) is 3.93. The van der Waals surface area contributed by atoms with Crippen LogP contribution in [0.15, 0.2) is 18.2 Å². The van der Waals surface area contributed by atoms with Gasteiger partial charge in [0.2, 0.25) is 0 Å². The van der Waals surface area contributed by atoms with Crippen molar-refractivity contribution in [3.8, 4) is 5.75 Å². The van der Waals surface area contributed by atoms with Crippen LogP contribution in [0.2, 0.25) is 0 Å². The average Bonchev–Trinajstić information content (AvgIpc) is 2.37. The third-order valence-electron chi connectivity index (χ3n) is 3.93. The summed E-state index contributed by atoms with van der Waals surface area (Å²) >= 11 is 0. The maximum absolute atomic E-state index is 12.1. The summed E-state index contributed by atoms with van der Waals surface area (Å²) in [6.45, 7) is 9.37. The molecule has 1 fully saturated rings. The summed E-state index contributed by atoms with van der Waals surface area (Å²) in [6.07, 6.45) is 0. The van der Waals surface area contributed by atoms with E-state index in [4.69, 9.17) is 4.74 Å². The zero-order valence-electron chi connectivity index (χ0n) is 12.8. The Hall–Kier alpha value is -1.39. The molecule has 0 radical (unpaired) electrons. The molecular formula is C16H24N2O2. The van der Waals surface area contributed by atoms with E-state index in [1.165, 1.54) is 0 Å². The fraction of sp³-hybridized carbons (Fsp3) is 0.562. The van der Waals surface area contributed by atoms with E-state index in [1.54, 1.807) is 0 Å². The number of rotatable bonds is 3. The summed E-state index contributed by atoms with van der Waals surface area (Å²) in [5.41, 5.74) is 2.01. The van der Waals surface area contributed by atoms with E-state index in [9.17, 15) is 4.79 Å². The molecule has 0 saturated carbocycles. The smallest absolute Gasteiger partial charge is 0.325 e. The molecule has 0 spiro atoms. The van der Waals surface area contributed by atoms with E-state index < -0.39 is 0 Å². The average molecular weight is 276 g/mol. The fourth-order valence-electron chi connectivity index (χ4n) is 2.68. The van der Waals surface area contributed by atoms with E-state index in [2.05, 4.69) is 23.8 Å². The Bertz CT molecular complexity index is 467. The maximum Gasteiger partial charge on any atom is 0.325 e. The Morgan fingerprint density at radius 3 is 2.55 bits per heavy atom. The first-order valence-corrected chi connectivity index (χ1v) is 7.17. The Labute approximate surface area is 121 Å². The summed E-state index contributed by atoms with van der Waals surface area (Å²) < 4.78 is 5.56. The van der Waals surface area contributed by atoms with Gasteiger partial charge in [0.05, 0.1) is 6.54 Å². The number of likely N-dealkylation sites (N-methyl/N-ethyl adjacent to an activating group) is 1. The predicted octanol–water partition coefficient (Wildman–Crippen LogP) is 1.84. The molecule has 1 saturated heterocycles. The number of carbonyl (C=O) groups excluding carboxylic acids is 1. The second-order valence-corrected chi connectivity index (χ2v) is 5.78. The molecule has 20 heavy (non-hydrogen) atoms. The first-order valence-electron chi connectivity index (χ1n) is 7.17. The highest BCUT2D eigenvalue weighted by Gasteiger charge is 2.24. The van der Waals surface area contributed by atoms with Crippen molar-refractivity contribution in [3.05, 3.63) is 29.3 Å². The lowest BCUT2D eigenvalue weighted by molar-refractivity contribution is -0.136. The van der Waals surface area contributed by atoms with Crippen molar-refractivity contribution in [2.75, 3.05) is 33.2 Å². The van der Waals surface area contributed by atoms with Crippen molar-refractivity contribution in [1.82, 2.24) is 9.80 Å². The van der Waals surface area contributed by atoms with Gasteiger partial charge in [0, 0.05) is 25.7 Å². The molecular weight excluding hydrogens is 252 g/mol. The second kappa shape index (κ2) is 6.37. The van der Waals surface area contributed by atoms with Crippen molar-refractivity contribution in [3.63, 3.8) is 0 Å². The molecule has 1 aliphatic heterocycles. The highest BCUT2D eigenvalue weighted by Crippen LogP contribution is 2.22. The second-order valence-electron chi connectivity index (χ2n) is 5.78. The molecule has 4 heteroatoms. The molecule has 1 unspecified atom stereocenters. The van der Waals surface area contributed by atoms with Crippen LogP contribution in [0, 0.1) is 13.8 Å². The molecule has 0 bridgehead atoms. The van der Waals surface area contributed by atoms with Crippen molar-refractivity contribution in [2.45, 2.75) is 26.8 Å². The first-order chi connectivity index (χ1) is 9.47. The molecule has 1 heterocycles. The van der Waals surface area contributed by atoms with Gasteiger partial charge in [-0.1, -0.05) is 18.2 Å². The lowest BCUT2D eigenvalue weighted by atomic mass is 10.1. The maximum atomic E-state index is 12.1. The Morgan fingerprint density at radius 2 is 1.95 bits per heavy atom. The number of ether oxygens (including phenoxy) is 1. The standard InChI is InChI=1S/C16H24N2O2/c1-12-6-5-7-13(2)16(12)20-15(19)11-18-9-8-17(4)10-14(18)3/h5-7,14H,8-11H2,1-4H3. The molecule has 0 aromatic heterocycles. The zero-order chi connectivity index (χ0) is 14.7.